The van der Waals surface area contributed by atoms with Crippen LogP contribution >= 0.6 is 0 Å². The van der Waals surface area contributed by atoms with Crippen LogP contribution in [0, 0.1) is 0 Å². The van der Waals surface area contributed by atoms with Gasteiger partial charge in [0.15, 0.2) is 0 Å². The van der Waals surface area contributed by atoms with Gasteiger partial charge in [-0.05, 0) is 34.6 Å². The van der Waals surface area contributed by atoms with E-state index in [9.17, 15) is 14.4 Å². The van der Waals surface area contributed by atoms with Crippen molar-refractivity contribution in [2.24, 2.45) is 5.73 Å². The minimum Gasteiger partial charge on any atom is -0.480 e. The Morgan fingerprint density at radius 1 is 1.33 bits per heavy atom. The SMILES string of the molecule is CC(C)(C)OC(=O)n1cnc(C[C@H](N)C(=O)NC(C)(C)C(=O)O)c1. The summed E-state index contributed by atoms with van der Waals surface area (Å²) < 4.78 is 6.35. The van der Waals surface area contributed by atoms with Gasteiger partial charge < -0.3 is 20.9 Å². The lowest BCUT2D eigenvalue weighted by molar-refractivity contribution is -0.146. The highest BCUT2D eigenvalue weighted by Crippen LogP contribution is 2.10. The van der Waals surface area contributed by atoms with Gasteiger partial charge in [-0.1, -0.05) is 0 Å². The third-order valence-electron chi connectivity index (χ3n) is 2.98. The van der Waals surface area contributed by atoms with Crippen LogP contribution in [0.4, 0.5) is 4.79 Å². The monoisotopic (exact) mass is 340 g/mol. The molecule has 4 N–H and O–H groups in total. The quantitative estimate of drug-likeness (QED) is 0.710. The molecule has 0 radical (unpaired) electrons. The molecule has 0 aromatic carbocycles. The summed E-state index contributed by atoms with van der Waals surface area (Å²) in [5, 5.41) is 11.3. The largest absolute Gasteiger partial charge is 0.480 e. The number of hydrogen-bond acceptors (Lipinski definition) is 6. The number of ether oxygens (including phenoxy) is 1. The minimum atomic E-state index is -1.43. The predicted molar refractivity (Wildman–Crippen MR) is 85.4 cm³/mol. The van der Waals surface area contributed by atoms with Gasteiger partial charge in [0, 0.05) is 12.6 Å². The Hall–Kier alpha value is -2.42. The van der Waals surface area contributed by atoms with E-state index in [4.69, 9.17) is 15.6 Å². The van der Waals surface area contributed by atoms with Crippen molar-refractivity contribution in [1.82, 2.24) is 14.9 Å². The molecule has 9 heteroatoms. The number of nitrogens with two attached hydrogens (primary N) is 1. The lowest BCUT2D eigenvalue weighted by atomic mass is 10.0. The fourth-order valence-corrected chi connectivity index (χ4v) is 1.66. The number of aliphatic carboxylic acids is 1. The molecule has 1 rings (SSSR count). The number of carboxylic acids is 1. The van der Waals surface area contributed by atoms with E-state index in [-0.39, 0.29) is 6.42 Å². The summed E-state index contributed by atoms with van der Waals surface area (Å²) in [5.74, 6) is -1.79. The molecule has 134 valence electrons. The average molecular weight is 340 g/mol. The third kappa shape index (κ3) is 5.65. The van der Waals surface area contributed by atoms with Crippen LogP contribution in [0.25, 0.3) is 0 Å². The molecule has 1 atom stereocenters. The summed E-state index contributed by atoms with van der Waals surface area (Å²) in [6, 6.07) is -0.995. The molecule has 9 nitrogen and oxygen atoms in total. The van der Waals surface area contributed by atoms with Gasteiger partial charge in [0.25, 0.3) is 0 Å². The Balaban J connectivity index is 2.69. The zero-order valence-corrected chi connectivity index (χ0v) is 14.5. The van der Waals surface area contributed by atoms with Gasteiger partial charge in [-0.25, -0.2) is 19.1 Å². The van der Waals surface area contributed by atoms with E-state index in [0.717, 1.165) is 4.57 Å². The average Bonchev–Trinajstić information content (AvgIpc) is 2.84. The van der Waals surface area contributed by atoms with Crippen LogP contribution in [0.5, 0.6) is 0 Å². The highest BCUT2D eigenvalue weighted by molar-refractivity contribution is 5.89. The van der Waals surface area contributed by atoms with Crippen LogP contribution in [0.15, 0.2) is 12.5 Å². The third-order valence-corrected chi connectivity index (χ3v) is 2.98. The van der Waals surface area contributed by atoms with Crippen molar-refractivity contribution in [3.63, 3.8) is 0 Å². The number of amides is 1. The summed E-state index contributed by atoms with van der Waals surface area (Å²) >= 11 is 0. The zero-order valence-electron chi connectivity index (χ0n) is 14.5. The van der Waals surface area contributed by atoms with E-state index < -0.39 is 35.2 Å². The maximum absolute atomic E-state index is 12.0. The summed E-state index contributed by atoms with van der Waals surface area (Å²) in [6.07, 6.45) is 2.15. The van der Waals surface area contributed by atoms with E-state index >= 15 is 0 Å². The van der Waals surface area contributed by atoms with Gasteiger partial charge >= 0.3 is 12.1 Å². The molecule has 0 unspecified atom stereocenters. The highest BCUT2D eigenvalue weighted by Gasteiger charge is 2.31. The normalized spacial score (nSPS) is 13.2. The minimum absolute atomic E-state index is 0.0529. The number of carbonyl (C=O) groups is 3. The predicted octanol–water partition coefficient (Wildman–Crippen LogP) is 0.516. The van der Waals surface area contributed by atoms with Crippen molar-refractivity contribution < 1.29 is 24.2 Å². The highest BCUT2D eigenvalue weighted by atomic mass is 16.6. The van der Waals surface area contributed by atoms with Crippen molar-refractivity contribution in [2.75, 3.05) is 0 Å². The summed E-state index contributed by atoms with van der Waals surface area (Å²) in [4.78, 5) is 38.9. The van der Waals surface area contributed by atoms with E-state index in [1.807, 2.05) is 0 Å². The Kier molecular flexibility index (Phi) is 5.72. The van der Waals surface area contributed by atoms with E-state index in [2.05, 4.69) is 10.3 Å². The second kappa shape index (κ2) is 7.00. The van der Waals surface area contributed by atoms with Gasteiger partial charge in [0.2, 0.25) is 5.91 Å². The number of nitrogens with one attached hydrogen (secondary N) is 1. The maximum atomic E-state index is 12.0. The summed E-state index contributed by atoms with van der Waals surface area (Å²) in [6.45, 7) is 7.95. The Bertz CT molecular complexity index is 630. The second-order valence-electron chi connectivity index (χ2n) is 6.98. The molecule has 0 aliphatic carbocycles. The fraction of sp³-hybridized carbons (Fsp3) is 0.600. The molecular weight excluding hydrogens is 316 g/mol. The number of imidazole rings is 1. The first kappa shape index (κ1) is 19.6. The summed E-state index contributed by atoms with van der Waals surface area (Å²) in [5.41, 5.74) is 4.12. The molecule has 0 spiro atoms. The van der Waals surface area contributed by atoms with Crippen LogP contribution in [0.2, 0.25) is 0 Å². The van der Waals surface area contributed by atoms with E-state index in [0.29, 0.717) is 5.69 Å². The lowest BCUT2D eigenvalue weighted by Gasteiger charge is -2.23. The number of aromatic nitrogens is 2. The topological polar surface area (TPSA) is 137 Å². The van der Waals surface area contributed by atoms with Gasteiger partial charge in [-0.3, -0.25) is 4.79 Å². The van der Waals surface area contributed by atoms with Crippen LogP contribution in [-0.2, 0) is 20.7 Å². The van der Waals surface area contributed by atoms with E-state index in [1.165, 1.54) is 26.4 Å². The molecular formula is C15H24N4O5. The number of nitrogens with zero attached hydrogens (tertiary/aromatic N) is 2. The Morgan fingerprint density at radius 3 is 2.42 bits per heavy atom. The lowest BCUT2D eigenvalue weighted by Crippen LogP contribution is -2.55. The molecule has 0 bridgehead atoms. The van der Waals surface area contributed by atoms with Crippen molar-refractivity contribution in [3.8, 4) is 0 Å². The molecule has 0 fully saturated rings. The van der Waals surface area contributed by atoms with Crippen molar-refractivity contribution >= 4 is 18.0 Å². The van der Waals surface area contributed by atoms with Crippen molar-refractivity contribution in [2.45, 2.75) is 58.2 Å². The number of rotatable bonds is 5. The smallest absolute Gasteiger partial charge is 0.419 e. The van der Waals surface area contributed by atoms with Crippen LogP contribution in [0.1, 0.15) is 40.3 Å². The molecule has 0 saturated carbocycles. The van der Waals surface area contributed by atoms with Gasteiger partial charge in [0.05, 0.1) is 11.7 Å². The molecule has 24 heavy (non-hydrogen) atoms. The first-order valence-electron chi connectivity index (χ1n) is 7.39. The van der Waals surface area contributed by atoms with Gasteiger partial charge in [-0.15, -0.1) is 0 Å². The van der Waals surface area contributed by atoms with Gasteiger partial charge in [-0.2, -0.15) is 0 Å². The van der Waals surface area contributed by atoms with Crippen molar-refractivity contribution in [3.05, 3.63) is 18.2 Å². The Labute approximate surface area is 140 Å². The fourth-order valence-electron chi connectivity index (χ4n) is 1.66. The molecule has 1 heterocycles. The molecule has 1 aromatic heterocycles. The van der Waals surface area contributed by atoms with Crippen LogP contribution in [-0.4, -0.2) is 49.8 Å². The maximum Gasteiger partial charge on any atom is 0.419 e. The molecule has 1 aromatic rings. The second-order valence-corrected chi connectivity index (χ2v) is 6.98. The first-order valence-corrected chi connectivity index (χ1v) is 7.39. The number of carboxylic acid groups (broad SMARTS) is 1. The number of hydrogen-bond donors (Lipinski definition) is 3. The molecule has 0 aliphatic heterocycles. The van der Waals surface area contributed by atoms with Crippen LogP contribution < -0.4 is 11.1 Å². The van der Waals surface area contributed by atoms with E-state index in [1.54, 1.807) is 20.8 Å². The standard InChI is InChI=1S/C15H24N4O5/c1-14(2,3)24-13(23)19-7-9(17-8-19)6-10(16)11(20)18-15(4,5)12(21)22/h7-8,10H,6,16H2,1-5H3,(H,18,20)(H,21,22)/t10-/m0/s1. The van der Waals surface area contributed by atoms with Gasteiger partial charge in [0.1, 0.15) is 17.5 Å². The number of carbonyl (C=O) groups excluding carboxylic acids is 2. The summed E-state index contributed by atoms with van der Waals surface area (Å²) in [7, 11) is 0. The zero-order chi connectivity index (χ0) is 18.7. The molecule has 0 saturated heterocycles. The molecule has 0 aliphatic rings. The Morgan fingerprint density at radius 2 is 1.92 bits per heavy atom. The molecule has 1 amide bonds. The van der Waals surface area contributed by atoms with Crippen molar-refractivity contribution in [1.29, 1.82) is 0 Å². The first-order chi connectivity index (χ1) is 10.8. The van der Waals surface area contributed by atoms with Crippen LogP contribution in [0.3, 0.4) is 0 Å².